The van der Waals surface area contributed by atoms with Crippen LogP contribution in [0.3, 0.4) is 0 Å². The highest BCUT2D eigenvalue weighted by molar-refractivity contribution is 7.54. The quantitative estimate of drug-likeness (QED) is 0.478. The van der Waals surface area contributed by atoms with Crippen molar-refractivity contribution >= 4 is 25.4 Å². The van der Waals surface area contributed by atoms with Crippen molar-refractivity contribution in [3.8, 4) is 0 Å². The summed E-state index contributed by atoms with van der Waals surface area (Å²) in [6.45, 7) is 11.6. The predicted molar refractivity (Wildman–Crippen MR) is 95.2 cm³/mol. The third-order valence-corrected chi connectivity index (χ3v) is 4.61. The van der Waals surface area contributed by atoms with Crippen LogP contribution in [-0.2, 0) is 32.7 Å². The molecule has 0 spiro atoms. The molecule has 1 heterocycles. The number of hydrogen-bond acceptors (Lipinski definition) is 8. The van der Waals surface area contributed by atoms with Crippen molar-refractivity contribution < 1.29 is 37.5 Å². The summed E-state index contributed by atoms with van der Waals surface area (Å²) in [6, 6.07) is 0. The minimum Gasteiger partial charge on any atom is -0.466 e. The standard InChI is InChI=1S/C8H13NO3.C8H17O5P/c1-8(2,3)12-7(11)9-4-6(10)5-9;1-4-11-8(9)7-14(10,12-5-2)13-6-3/h4-5H2,1-3H3;4-7H2,1-3H3. The number of esters is 1. The Bertz CT molecular complexity index is 511. The zero-order valence-electron chi connectivity index (χ0n) is 16.4. The summed E-state index contributed by atoms with van der Waals surface area (Å²) in [5.41, 5.74) is -0.476. The highest BCUT2D eigenvalue weighted by Crippen LogP contribution is 2.47. The number of nitrogens with zero attached hydrogens (tertiary/aromatic N) is 1. The number of Topliss-reactive ketones (excluding diaryl/α,β-unsaturated/α-hetero) is 1. The van der Waals surface area contributed by atoms with Crippen molar-refractivity contribution in [1.29, 1.82) is 0 Å². The van der Waals surface area contributed by atoms with Crippen molar-refractivity contribution in [2.75, 3.05) is 39.1 Å². The summed E-state index contributed by atoms with van der Waals surface area (Å²) in [7, 11) is -3.28. The van der Waals surface area contributed by atoms with Gasteiger partial charge in [-0.1, -0.05) is 0 Å². The number of ketones is 1. The normalized spacial score (nSPS) is 14.1. The number of carbonyl (C=O) groups is 3. The summed E-state index contributed by atoms with van der Waals surface area (Å²) >= 11 is 0. The van der Waals surface area contributed by atoms with Crippen molar-refractivity contribution in [1.82, 2.24) is 4.90 Å². The van der Waals surface area contributed by atoms with Crippen LogP contribution in [0.4, 0.5) is 4.79 Å². The summed E-state index contributed by atoms with van der Waals surface area (Å²) in [4.78, 5) is 34.1. The van der Waals surface area contributed by atoms with Gasteiger partial charge in [0.2, 0.25) is 0 Å². The van der Waals surface area contributed by atoms with Gasteiger partial charge in [-0.25, -0.2) is 4.79 Å². The Morgan fingerprint density at radius 3 is 1.88 bits per heavy atom. The Hall–Kier alpha value is -1.44. The second-order valence-corrected chi connectivity index (χ2v) is 8.34. The van der Waals surface area contributed by atoms with Crippen molar-refractivity contribution in [2.45, 2.75) is 47.1 Å². The van der Waals surface area contributed by atoms with E-state index in [1.165, 1.54) is 4.90 Å². The molecule has 0 atom stereocenters. The van der Waals surface area contributed by atoms with Gasteiger partial charge >= 0.3 is 19.7 Å². The highest BCUT2D eigenvalue weighted by atomic mass is 31.2. The third kappa shape index (κ3) is 10.5. The Balaban J connectivity index is 0.000000485. The van der Waals surface area contributed by atoms with Gasteiger partial charge in [0.25, 0.3) is 0 Å². The van der Waals surface area contributed by atoms with E-state index in [9.17, 15) is 18.9 Å². The van der Waals surface area contributed by atoms with Crippen LogP contribution in [0.25, 0.3) is 0 Å². The molecule has 26 heavy (non-hydrogen) atoms. The Morgan fingerprint density at radius 2 is 1.54 bits per heavy atom. The maximum atomic E-state index is 11.8. The fourth-order valence-electron chi connectivity index (χ4n) is 1.72. The first-order valence-electron chi connectivity index (χ1n) is 8.49. The lowest BCUT2D eigenvalue weighted by Crippen LogP contribution is -2.52. The van der Waals surface area contributed by atoms with Crippen molar-refractivity contribution in [3.05, 3.63) is 0 Å². The zero-order valence-corrected chi connectivity index (χ0v) is 17.3. The molecule has 0 unspecified atom stereocenters. The van der Waals surface area contributed by atoms with Crippen LogP contribution in [0.1, 0.15) is 41.5 Å². The minimum absolute atomic E-state index is 0.0841. The zero-order chi connectivity index (χ0) is 20.4. The molecule has 1 saturated heterocycles. The van der Waals surface area contributed by atoms with E-state index in [2.05, 4.69) is 4.74 Å². The van der Waals surface area contributed by atoms with E-state index in [1.54, 1.807) is 41.5 Å². The molecule has 0 aromatic rings. The fraction of sp³-hybridized carbons (Fsp3) is 0.812. The summed E-state index contributed by atoms with van der Waals surface area (Å²) < 4.78 is 31.3. The van der Waals surface area contributed by atoms with Crippen molar-refractivity contribution in [3.63, 3.8) is 0 Å². The van der Waals surface area contributed by atoms with Crippen LogP contribution in [0.5, 0.6) is 0 Å². The van der Waals surface area contributed by atoms with E-state index in [0.29, 0.717) is 0 Å². The fourth-order valence-corrected chi connectivity index (χ4v) is 3.17. The summed E-state index contributed by atoms with van der Waals surface area (Å²) in [5.74, 6) is -0.474. The molecule has 0 radical (unpaired) electrons. The molecule has 10 heteroatoms. The van der Waals surface area contributed by atoms with Crippen LogP contribution in [0.2, 0.25) is 0 Å². The van der Waals surface area contributed by atoms with Gasteiger partial charge in [-0.3, -0.25) is 19.1 Å². The maximum absolute atomic E-state index is 11.8. The lowest BCUT2D eigenvalue weighted by Gasteiger charge is -2.31. The number of carbonyl (C=O) groups excluding carboxylic acids is 3. The highest BCUT2D eigenvalue weighted by Gasteiger charge is 2.31. The van der Waals surface area contributed by atoms with E-state index in [4.69, 9.17) is 13.8 Å². The lowest BCUT2D eigenvalue weighted by atomic mass is 10.2. The van der Waals surface area contributed by atoms with Gasteiger partial charge in [0.1, 0.15) is 11.8 Å². The van der Waals surface area contributed by atoms with Gasteiger partial charge in [-0.2, -0.15) is 0 Å². The minimum atomic E-state index is -3.28. The molecule has 1 aliphatic heterocycles. The van der Waals surface area contributed by atoms with Gasteiger partial charge in [-0.05, 0) is 41.5 Å². The second kappa shape index (κ2) is 11.3. The van der Waals surface area contributed by atoms with Crippen LogP contribution < -0.4 is 0 Å². The summed E-state index contributed by atoms with van der Waals surface area (Å²) in [5, 5.41) is 0. The van der Waals surface area contributed by atoms with Crippen LogP contribution in [-0.4, -0.2) is 67.4 Å². The van der Waals surface area contributed by atoms with E-state index < -0.39 is 25.3 Å². The van der Waals surface area contributed by atoms with E-state index >= 15 is 0 Å². The first kappa shape index (κ1) is 24.6. The molecule has 0 N–H and O–H groups in total. The Kier molecular flexibility index (Phi) is 10.7. The van der Waals surface area contributed by atoms with E-state index in [-0.39, 0.29) is 44.9 Å². The van der Waals surface area contributed by atoms with E-state index in [1.807, 2.05) is 0 Å². The number of likely N-dealkylation sites (tertiary alicyclic amines) is 1. The van der Waals surface area contributed by atoms with Gasteiger partial charge in [-0.15, -0.1) is 0 Å². The van der Waals surface area contributed by atoms with Crippen molar-refractivity contribution in [2.24, 2.45) is 0 Å². The number of amides is 1. The second-order valence-electron chi connectivity index (χ2n) is 6.28. The van der Waals surface area contributed by atoms with E-state index in [0.717, 1.165) is 0 Å². The molecule has 0 aromatic carbocycles. The molecule has 0 saturated carbocycles. The molecule has 1 amide bonds. The monoisotopic (exact) mass is 395 g/mol. The van der Waals surface area contributed by atoms with Gasteiger partial charge in [0, 0.05) is 0 Å². The number of hydrogen-bond donors (Lipinski definition) is 0. The van der Waals surface area contributed by atoms with Gasteiger partial charge < -0.3 is 18.5 Å². The van der Waals surface area contributed by atoms with Crippen LogP contribution in [0.15, 0.2) is 0 Å². The molecule has 1 fully saturated rings. The first-order valence-corrected chi connectivity index (χ1v) is 10.2. The van der Waals surface area contributed by atoms with Gasteiger partial charge in [0.15, 0.2) is 5.78 Å². The maximum Gasteiger partial charge on any atom is 0.411 e. The molecule has 1 rings (SSSR count). The molecule has 9 nitrogen and oxygen atoms in total. The Morgan fingerprint density at radius 1 is 1.04 bits per heavy atom. The molecule has 152 valence electrons. The molecular weight excluding hydrogens is 365 g/mol. The average Bonchev–Trinajstić information content (AvgIpc) is 2.43. The molecular formula is C16H30NO8P. The smallest absolute Gasteiger partial charge is 0.411 e. The van der Waals surface area contributed by atoms with Crippen LogP contribution >= 0.6 is 7.60 Å². The first-order chi connectivity index (χ1) is 12.0. The number of ether oxygens (including phenoxy) is 2. The average molecular weight is 395 g/mol. The summed E-state index contributed by atoms with van der Waals surface area (Å²) in [6.07, 6.45) is -0.718. The topological polar surface area (TPSA) is 108 Å². The Labute approximate surface area is 154 Å². The van der Waals surface area contributed by atoms with Gasteiger partial charge in [0.05, 0.1) is 32.9 Å². The SMILES string of the molecule is CC(C)(C)OC(=O)N1CC(=O)C1.CCOC(=O)CP(=O)(OCC)OCC. The van der Waals surface area contributed by atoms with Crippen LogP contribution in [0, 0.1) is 0 Å². The largest absolute Gasteiger partial charge is 0.466 e. The molecule has 1 aliphatic rings. The lowest BCUT2D eigenvalue weighted by molar-refractivity contribution is -0.140. The number of rotatable bonds is 7. The molecule has 0 aliphatic carbocycles. The predicted octanol–water partition coefficient (Wildman–Crippen LogP) is 2.62. The molecule has 0 aromatic heterocycles. The molecule has 0 bridgehead atoms. The third-order valence-electron chi connectivity index (χ3n) is 2.67.